The van der Waals surface area contributed by atoms with Crippen LogP contribution in [0.4, 0.5) is 30.2 Å². The van der Waals surface area contributed by atoms with Gasteiger partial charge in [0.1, 0.15) is 16.3 Å². The van der Waals surface area contributed by atoms with Gasteiger partial charge >= 0.3 is 0 Å². The lowest BCUT2D eigenvalue weighted by Gasteiger charge is -2.22. The second-order valence-electron chi connectivity index (χ2n) is 9.32. The summed E-state index contributed by atoms with van der Waals surface area (Å²) in [5, 5.41) is 29.4. The lowest BCUT2D eigenvalue weighted by atomic mass is 10.1. The van der Waals surface area contributed by atoms with E-state index in [1.165, 1.54) is 4.90 Å². The van der Waals surface area contributed by atoms with Crippen LogP contribution in [0.15, 0.2) is 53.0 Å². The van der Waals surface area contributed by atoms with Crippen molar-refractivity contribution in [3.05, 3.63) is 81.4 Å². The fraction of sp³-hybridized carbons (Fsp3) is 0.214. The number of nitrogens with one attached hydrogen (secondary N) is 3. The Morgan fingerprint density at radius 2 is 1.93 bits per heavy atom. The molecule has 1 aliphatic heterocycles. The molecule has 1 fully saturated rings. The molecule has 41 heavy (non-hydrogen) atoms. The average molecular weight is 580 g/mol. The lowest BCUT2D eigenvalue weighted by Crippen LogP contribution is -2.36. The topological polar surface area (TPSA) is 126 Å². The highest BCUT2D eigenvalue weighted by Gasteiger charge is 2.29. The fourth-order valence-corrected chi connectivity index (χ4v) is 5.34. The predicted molar refractivity (Wildman–Crippen MR) is 151 cm³/mol. The normalized spacial score (nSPS) is 15.2. The molecule has 0 aliphatic carbocycles. The Bertz CT molecular complexity index is 1700. The number of carbonyl (C=O) groups excluding carboxylic acids is 1. The van der Waals surface area contributed by atoms with Crippen molar-refractivity contribution in [2.75, 3.05) is 29.0 Å². The van der Waals surface area contributed by atoms with E-state index in [4.69, 9.17) is 5.26 Å². The van der Waals surface area contributed by atoms with Gasteiger partial charge in [-0.3, -0.25) is 9.78 Å². The molecule has 4 N–H and O–H groups in total. The van der Waals surface area contributed by atoms with Crippen LogP contribution >= 0.6 is 11.3 Å². The molecule has 9 nitrogen and oxygen atoms in total. The molecule has 0 radical (unpaired) electrons. The molecule has 0 spiro atoms. The highest BCUT2D eigenvalue weighted by Crippen LogP contribution is 2.34. The number of pyridine rings is 1. The monoisotopic (exact) mass is 579 g/mol. The van der Waals surface area contributed by atoms with E-state index in [1.54, 1.807) is 23.8 Å². The molecule has 0 saturated carbocycles. The first-order valence-electron chi connectivity index (χ1n) is 12.6. The quantitative estimate of drug-likeness (QED) is 0.141. The van der Waals surface area contributed by atoms with Crippen LogP contribution in [0, 0.1) is 35.8 Å². The fourth-order valence-electron chi connectivity index (χ4n) is 4.57. The largest absolute Gasteiger partial charge is 0.391 e. The second kappa shape index (κ2) is 11.8. The maximum absolute atomic E-state index is 15.6. The molecule has 13 heteroatoms. The summed E-state index contributed by atoms with van der Waals surface area (Å²) in [5.41, 5.74) is 0.0206. The number of nitriles is 1. The van der Waals surface area contributed by atoms with Crippen LogP contribution in [0.1, 0.15) is 27.2 Å². The number of carbonyl (C=O) groups is 1. The smallest absolute Gasteiger partial charge is 0.268 e. The number of rotatable bonds is 6. The van der Waals surface area contributed by atoms with E-state index in [0.29, 0.717) is 18.7 Å². The molecule has 0 bridgehead atoms. The molecule has 2 aromatic heterocycles. The van der Waals surface area contributed by atoms with Crippen LogP contribution in [-0.4, -0.2) is 46.1 Å². The Hall–Kier alpha value is -4.67. The molecule has 5 rings (SSSR count). The van der Waals surface area contributed by atoms with Gasteiger partial charge in [0.15, 0.2) is 17.5 Å². The SMILES string of the molecule is Cc1c(F)c(NC(=O)c2sccc2NCc2ccnc3ccccc23)c(F)c(NC(=NC#N)N2CCC(O)C2)c1F. The maximum atomic E-state index is 15.6. The third-order valence-corrected chi connectivity index (χ3v) is 7.62. The number of thiophene rings is 1. The number of aliphatic hydroxyl groups is 1. The van der Waals surface area contributed by atoms with Crippen LogP contribution in [0.2, 0.25) is 0 Å². The Kier molecular flexibility index (Phi) is 8.04. The van der Waals surface area contributed by atoms with E-state index in [1.807, 2.05) is 30.3 Å². The molecule has 1 unspecified atom stereocenters. The third kappa shape index (κ3) is 5.65. The molecule has 2 aromatic carbocycles. The number of aliphatic hydroxyl groups excluding tert-OH is 1. The van der Waals surface area contributed by atoms with Gasteiger partial charge in [-0.1, -0.05) is 18.2 Å². The van der Waals surface area contributed by atoms with Gasteiger partial charge in [-0.2, -0.15) is 5.26 Å². The molecule has 1 atom stereocenters. The Morgan fingerprint density at radius 1 is 1.17 bits per heavy atom. The Morgan fingerprint density at radius 3 is 2.66 bits per heavy atom. The number of anilines is 3. The summed E-state index contributed by atoms with van der Waals surface area (Å²) in [6.07, 6.45) is 2.91. The number of hydrogen-bond donors (Lipinski definition) is 4. The zero-order valence-electron chi connectivity index (χ0n) is 21.7. The standard InChI is InChI=1S/C28H24F3N7O2S/c1-15-21(29)24(23(31)25(22(15)30)37-28(35-14-32)38-10-7-17(39)13-38)36-27(40)26-20(8-11-41-26)34-12-16-6-9-33-19-5-3-2-4-18(16)19/h2-6,8-9,11,17,34,39H,7,10,12-13H2,1H3,(H,35,37)(H,36,40). The van der Waals surface area contributed by atoms with E-state index in [-0.39, 0.29) is 23.9 Å². The van der Waals surface area contributed by atoms with Crippen molar-refractivity contribution in [3.8, 4) is 6.19 Å². The van der Waals surface area contributed by atoms with Crippen LogP contribution in [0.25, 0.3) is 10.9 Å². The van der Waals surface area contributed by atoms with Gasteiger partial charge < -0.3 is 26.0 Å². The number of halogens is 3. The minimum absolute atomic E-state index is 0.0873. The molecular formula is C28H24F3N7O2S. The first kappa shape index (κ1) is 27.9. The molecular weight excluding hydrogens is 555 g/mol. The van der Waals surface area contributed by atoms with Crippen LogP contribution in [0.3, 0.4) is 0 Å². The van der Waals surface area contributed by atoms with E-state index in [0.717, 1.165) is 34.7 Å². The van der Waals surface area contributed by atoms with Crippen molar-refractivity contribution in [1.29, 1.82) is 5.26 Å². The van der Waals surface area contributed by atoms with Gasteiger partial charge in [0.05, 0.1) is 17.3 Å². The van der Waals surface area contributed by atoms with Crippen molar-refractivity contribution < 1.29 is 23.1 Å². The van der Waals surface area contributed by atoms with E-state index in [2.05, 4.69) is 25.9 Å². The maximum Gasteiger partial charge on any atom is 0.268 e. The summed E-state index contributed by atoms with van der Waals surface area (Å²) in [6.45, 7) is 1.83. The number of hydrogen-bond acceptors (Lipinski definition) is 7. The van der Waals surface area contributed by atoms with Gasteiger partial charge in [0.2, 0.25) is 12.2 Å². The first-order chi connectivity index (χ1) is 19.8. The number of nitrogens with zero attached hydrogens (tertiary/aromatic N) is 4. The Balaban J connectivity index is 1.39. The molecule has 1 aliphatic rings. The van der Waals surface area contributed by atoms with Gasteiger partial charge in [0.25, 0.3) is 5.91 Å². The number of guanidine groups is 1. The third-order valence-electron chi connectivity index (χ3n) is 6.71. The number of para-hydroxylation sites is 1. The minimum atomic E-state index is -1.40. The van der Waals surface area contributed by atoms with E-state index >= 15 is 13.2 Å². The van der Waals surface area contributed by atoms with Gasteiger partial charge in [0, 0.05) is 36.8 Å². The highest BCUT2D eigenvalue weighted by atomic mass is 32.1. The number of aliphatic imine (C=N–C) groups is 1. The van der Waals surface area contributed by atoms with Crippen LogP contribution in [-0.2, 0) is 6.54 Å². The molecule has 210 valence electrons. The predicted octanol–water partition coefficient (Wildman–Crippen LogP) is 5.20. The van der Waals surface area contributed by atoms with Crippen LogP contribution in [0.5, 0.6) is 0 Å². The number of amides is 1. The summed E-state index contributed by atoms with van der Waals surface area (Å²) in [6, 6.07) is 11.1. The highest BCUT2D eigenvalue weighted by molar-refractivity contribution is 7.12. The number of aromatic nitrogens is 1. The minimum Gasteiger partial charge on any atom is -0.391 e. The van der Waals surface area contributed by atoms with Crippen LogP contribution < -0.4 is 16.0 Å². The number of fused-ring (bicyclic) bond motifs is 1. The van der Waals surface area contributed by atoms with E-state index in [9.17, 15) is 9.90 Å². The Labute approximate surface area is 237 Å². The van der Waals surface area contributed by atoms with Crippen molar-refractivity contribution in [3.63, 3.8) is 0 Å². The average Bonchev–Trinajstić information content (AvgIpc) is 3.64. The van der Waals surface area contributed by atoms with Crippen molar-refractivity contribution in [2.45, 2.75) is 26.0 Å². The number of β-amino-alcohol motifs (C(OH)–C–C–N with tert-alkyl or cyclic N) is 1. The summed E-state index contributed by atoms with van der Waals surface area (Å²) < 4.78 is 45.7. The summed E-state index contributed by atoms with van der Waals surface area (Å²) >= 11 is 1.07. The zero-order valence-corrected chi connectivity index (χ0v) is 22.5. The first-order valence-corrected chi connectivity index (χ1v) is 13.5. The van der Waals surface area contributed by atoms with Crippen molar-refractivity contribution >= 4 is 51.2 Å². The molecule has 3 heterocycles. The molecule has 1 amide bonds. The van der Waals surface area contributed by atoms with Gasteiger partial charge in [-0.25, -0.2) is 13.2 Å². The summed E-state index contributed by atoms with van der Waals surface area (Å²) in [5.74, 6) is -4.93. The zero-order chi connectivity index (χ0) is 29.1. The molecule has 4 aromatic rings. The lowest BCUT2D eigenvalue weighted by molar-refractivity contribution is 0.103. The number of likely N-dealkylation sites (tertiary alicyclic amines) is 1. The summed E-state index contributed by atoms with van der Waals surface area (Å²) in [4.78, 5) is 22.7. The van der Waals surface area contributed by atoms with Gasteiger partial charge in [-0.15, -0.1) is 16.3 Å². The molecule has 1 saturated heterocycles. The van der Waals surface area contributed by atoms with Crippen molar-refractivity contribution in [1.82, 2.24) is 9.88 Å². The number of benzene rings is 2. The summed E-state index contributed by atoms with van der Waals surface area (Å²) in [7, 11) is 0. The van der Waals surface area contributed by atoms with Crippen molar-refractivity contribution in [2.24, 2.45) is 4.99 Å². The van der Waals surface area contributed by atoms with E-state index < -0.39 is 46.4 Å². The second-order valence-corrected chi connectivity index (χ2v) is 10.2. The van der Waals surface area contributed by atoms with Gasteiger partial charge in [-0.05, 0) is 42.5 Å².